The Hall–Kier alpha value is -1.23. The summed E-state index contributed by atoms with van der Waals surface area (Å²) in [5, 5.41) is 0. The maximum absolute atomic E-state index is 13.1. The number of hydrogen-bond acceptors (Lipinski definition) is 2. The largest absolute Gasteiger partial charge is 0.435 e. The van der Waals surface area contributed by atoms with Crippen molar-refractivity contribution < 1.29 is 17.9 Å². The molecule has 2 N–H and O–H groups in total. The molecule has 0 amide bonds. The predicted octanol–water partition coefficient (Wildman–Crippen LogP) is 2.57. The lowest BCUT2D eigenvalue weighted by Crippen LogP contribution is -2.09. The van der Waals surface area contributed by atoms with Crippen LogP contribution in [0.2, 0.25) is 0 Å². The first kappa shape index (κ1) is 11.8. The van der Waals surface area contributed by atoms with Gasteiger partial charge in [-0.2, -0.15) is 8.78 Å². The van der Waals surface area contributed by atoms with E-state index in [0.29, 0.717) is 5.56 Å². The third-order valence-electron chi connectivity index (χ3n) is 2.00. The van der Waals surface area contributed by atoms with Crippen LogP contribution in [0.15, 0.2) is 18.2 Å². The third kappa shape index (κ3) is 3.13. The van der Waals surface area contributed by atoms with Crippen molar-refractivity contribution in [2.24, 2.45) is 5.73 Å². The summed E-state index contributed by atoms with van der Waals surface area (Å²) in [5.41, 5.74) is 5.91. The van der Waals surface area contributed by atoms with E-state index in [2.05, 4.69) is 4.74 Å². The van der Waals surface area contributed by atoms with Crippen molar-refractivity contribution in [3.8, 4) is 5.75 Å². The maximum Gasteiger partial charge on any atom is 0.387 e. The Labute approximate surface area is 85.8 Å². The van der Waals surface area contributed by atoms with E-state index >= 15 is 0 Å². The normalized spacial score (nSPS) is 12.9. The molecule has 1 atom stereocenters. The highest BCUT2D eigenvalue weighted by Crippen LogP contribution is 2.26. The van der Waals surface area contributed by atoms with Crippen molar-refractivity contribution >= 4 is 0 Å². The molecule has 0 aliphatic heterocycles. The smallest absolute Gasteiger partial charge is 0.387 e. The van der Waals surface area contributed by atoms with Crippen LogP contribution in [0.3, 0.4) is 0 Å². The first-order valence-corrected chi connectivity index (χ1v) is 4.44. The van der Waals surface area contributed by atoms with Gasteiger partial charge < -0.3 is 10.5 Å². The summed E-state index contributed by atoms with van der Waals surface area (Å²) in [7, 11) is 0. The van der Waals surface area contributed by atoms with Gasteiger partial charge in [-0.3, -0.25) is 0 Å². The van der Waals surface area contributed by atoms with E-state index < -0.39 is 12.8 Å². The summed E-state index contributed by atoms with van der Waals surface area (Å²) in [6, 6.07) is 4.28. The van der Waals surface area contributed by atoms with E-state index in [1.165, 1.54) is 18.2 Å². The van der Waals surface area contributed by atoms with Crippen LogP contribution in [-0.4, -0.2) is 13.2 Å². The minimum Gasteiger partial charge on any atom is -0.435 e. The van der Waals surface area contributed by atoms with E-state index in [9.17, 15) is 13.2 Å². The monoisotopic (exact) mass is 219 g/mol. The SMILES string of the molecule is Cc1ccc(C(F)CN)cc1OC(F)F. The standard InChI is InChI=1S/C10H12F3NO/c1-6-2-3-7(8(11)5-14)4-9(6)15-10(12)13/h2-4,8,10H,5,14H2,1H3. The molecular formula is C10H12F3NO. The fourth-order valence-corrected chi connectivity index (χ4v) is 1.17. The van der Waals surface area contributed by atoms with Gasteiger partial charge in [0, 0.05) is 6.54 Å². The number of aryl methyl sites for hydroxylation is 1. The second-order valence-corrected chi connectivity index (χ2v) is 3.11. The Kier molecular flexibility index (Phi) is 3.96. The van der Waals surface area contributed by atoms with Crippen LogP contribution in [0.25, 0.3) is 0 Å². The van der Waals surface area contributed by atoms with E-state index in [0.717, 1.165) is 0 Å². The molecule has 1 aromatic rings. The summed E-state index contributed by atoms with van der Waals surface area (Å²) in [6.07, 6.45) is -1.36. The van der Waals surface area contributed by atoms with Crippen LogP contribution in [0.4, 0.5) is 13.2 Å². The highest BCUT2D eigenvalue weighted by molar-refractivity contribution is 5.37. The van der Waals surface area contributed by atoms with Crippen molar-refractivity contribution in [3.05, 3.63) is 29.3 Å². The molecule has 1 aromatic carbocycles. The number of ether oxygens (including phenoxy) is 1. The Balaban J connectivity index is 2.94. The summed E-state index contributed by atoms with van der Waals surface area (Å²) < 4.78 is 41.3. The van der Waals surface area contributed by atoms with Gasteiger partial charge >= 0.3 is 6.61 Å². The molecule has 0 spiro atoms. The molecule has 15 heavy (non-hydrogen) atoms. The van der Waals surface area contributed by atoms with Gasteiger partial charge in [0.25, 0.3) is 0 Å². The van der Waals surface area contributed by atoms with Gasteiger partial charge in [0.1, 0.15) is 11.9 Å². The van der Waals surface area contributed by atoms with Gasteiger partial charge in [0.15, 0.2) is 0 Å². The van der Waals surface area contributed by atoms with Crippen LogP contribution < -0.4 is 10.5 Å². The molecule has 1 rings (SSSR count). The molecule has 2 nitrogen and oxygen atoms in total. The zero-order valence-corrected chi connectivity index (χ0v) is 8.21. The fourth-order valence-electron chi connectivity index (χ4n) is 1.17. The molecule has 0 aliphatic carbocycles. The minimum absolute atomic E-state index is 0.0152. The Bertz CT molecular complexity index is 330. The number of alkyl halides is 3. The van der Waals surface area contributed by atoms with Gasteiger partial charge in [-0.15, -0.1) is 0 Å². The number of benzene rings is 1. The summed E-state index contributed by atoms with van der Waals surface area (Å²) in [6.45, 7) is -1.48. The molecular weight excluding hydrogens is 207 g/mol. The average Bonchev–Trinajstić information content (AvgIpc) is 2.19. The van der Waals surface area contributed by atoms with Crippen molar-refractivity contribution in [1.29, 1.82) is 0 Å². The molecule has 0 radical (unpaired) electrons. The Morgan fingerprint density at radius 1 is 1.33 bits per heavy atom. The second-order valence-electron chi connectivity index (χ2n) is 3.11. The topological polar surface area (TPSA) is 35.2 Å². The van der Waals surface area contributed by atoms with E-state index in [1.807, 2.05) is 0 Å². The fraction of sp³-hybridized carbons (Fsp3) is 0.400. The zero-order chi connectivity index (χ0) is 11.4. The third-order valence-corrected chi connectivity index (χ3v) is 2.00. The average molecular weight is 219 g/mol. The van der Waals surface area contributed by atoms with Crippen molar-refractivity contribution in [2.75, 3.05) is 6.54 Å². The number of rotatable bonds is 4. The number of hydrogen-bond donors (Lipinski definition) is 1. The van der Waals surface area contributed by atoms with E-state index in [1.54, 1.807) is 6.92 Å². The molecule has 0 saturated heterocycles. The summed E-state index contributed by atoms with van der Waals surface area (Å²) >= 11 is 0. The predicted molar refractivity (Wildman–Crippen MR) is 50.7 cm³/mol. The molecule has 1 unspecified atom stereocenters. The lowest BCUT2D eigenvalue weighted by Gasteiger charge is -2.11. The lowest BCUT2D eigenvalue weighted by atomic mass is 10.1. The van der Waals surface area contributed by atoms with Crippen molar-refractivity contribution in [2.45, 2.75) is 19.7 Å². The lowest BCUT2D eigenvalue weighted by molar-refractivity contribution is -0.0503. The molecule has 0 fully saturated rings. The molecule has 84 valence electrons. The van der Waals surface area contributed by atoms with Crippen LogP contribution in [0.1, 0.15) is 17.3 Å². The summed E-state index contributed by atoms with van der Waals surface area (Å²) in [4.78, 5) is 0. The van der Waals surface area contributed by atoms with E-state index in [4.69, 9.17) is 5.73 Å². The number of nitrogens with two attached hydrogens (primary N) is 1. The minimum atomic E-state index is -2.91. The number of halogens is 3. The molecule has 0 saturated carbocycles. The maximum atomic E-state index is 13.1. The van der Waals surface area contributed by atoms with E-state index in [-0.39, 0.29) is 17.9 Å². The molecule has 0 bridgehead atoms. The first-order chi connectivity index (χ1) is 7.04. The molecule has 0 aromatic heterocycles. The second kappa shape index (κ2) is 5.02. The molecule has 0 aliphatic rings. The van der Waals surface area contributed by atoms with Crippen LogP contribution in [0, 0.1) is 6.92 Å². The molecule has 0 heterocycles. The van der Waals surface area contributed by atoms with Crippen LogP contribution >= 0.6 is 0 Å². The Morgan fingerprint density at radius 2 is 2.00 bits per heavy atom. The summed E-state index contributed by atoms with van der Waals surface area (Å²) in [5.74, 6) is -0.0152. The van der Waals surface area contributed by atoms with Crippen LogP contribution in [-0.2, 0) is 0 Å². The van der Waals surface area contributed by atoms with Crippen molar-refractivity contribution in [1.82, 2.24) is 0 Å². The van der Waals surface area contributed by atoms with Gasteiger partial charge in [0.2, 0.25) is 0 Å². The molecule has 5 heteroatoms. The van der Waals surface area contributed by atoms with Gasteiger partial charge in [0.05, 0.1) is 0 Å². The van der Waals surface area contributed by atoms with Gasteiger partial charge in [-0.05, 0) is 24.1 Å². The first-order valence-electron chi connectivity index (χ1n) is 4.44. The Morgan fingerprint density at radius 3 is 2.53 bits per heavy atom. The quantitative estimate of drug-likeness (QED) is 0.844. The van der Waals surface area contributed by atoms with Crippen LogP contribution in [0.5, 0.6) is 5.75 Å². The highest BCUT2D eigenvalue weighted by atomic mass is 19.3. The van der Waals surface area contributed by atoms with Gasteiger partial charge in [-0.1, -0.05) is 12.1 Å². The highest BCUT2D eigenvalue weighted by Gasteiger charge is 2.12. The van der Waals surface area contributed by atoms with Crippen molar-refractivity contribution in [3.63, 3.8) is 0 Å². The van der Waals surface area contributed by atoms with Gasteiger partial charge in [-0.25, -0.2) is 4.39 Å². The zero-order valence-electron chi connectivity index (χ0n) is 8.21.